The highest BCUT2D eigenvalue weighted by atomic mass is 15.2. The van der Waals surface area contributed by atoms with Gasteiger partial charge in [-0.15, -0.1) is 10.2 Å². The lowest BCUT2D eigenvalue weighted by molar-refractivity contribution is 0.532. The first-order valence-corrected chi connectivity index (χ1v) is 4.07. The van der Waals surface area contributed by atoms with E-state index < -0.39 is 0 Å². The van der Waals surface area contributed by atoms with Gasteiger partial charge >= 0.3 is 0 Å². The Hall–Kier alpha value is -0.860. The van der Waals surface area contributed by atoms with E-state index in [0.717, 1.165) is 12.2 Å². The molecule has 1 aromatic heterocycles. The second-order valence-electron chi connectivity index (χ2n) is 3.08. The van der Waals surface area contributed by atoms with Crippen molar-refractivity contribution in [3.63, 3.8) is 0 Å². The molecule has 0 N–H and O–H groups in total. The lowest BCUT2D eigenvalue weighted by Crippen LogP contribution is -2.04. The molecule has 0 saturated heterocycles. The summed E-state index contributed by atoms with van der Waals surface area (Å²) in [4.78, 5) is 0. The zero-order chi connectivity index (χ0) is 8.27. The molecule has 0 spiro atoms. The quantitative estimate of drug-likeness (QED) is 0.657. The van der Waals surface area contributed by atoms with Crippen molar-refractivity contribution in [1.82, 2.24) is 14.8 Å². The average molecular weight is 153 g/mol. The van der Waals surface area contributed by atoms with Crippen LogP contribution in [-0.2, 0) is 13.5 Å². The van der Waals surface area contributed by atoms with E-state index in [9.17, 15) is 0 Å². The molecule has 0 aromatic carbocycles. The highest BCUT2D eigenvalue weighted by molar-refractivity contribution is 4.85. The van der Waals surface area contributed by atoms with Crippen molar-refractivity contribution in [1.29, 1.82) is 0 Å². The third kappa shape index (κ3) is 2.03. The van der Waals surface area contributed by atoms with Gasteiger partial charge < -0.3 is 4.57 Å². The van der Waals surface area contributed by atoms with E-state index in [1.807, 2.05) is 11.6 Å². The zero-order valence-corrected chi connectivity index (χ0v) is 7.41. The number of aromatic nitrogens is 3. The summed E-state index contributed by atoms with van der Waals surface area (Å²) in [5, 5.41) is 7.84. The van der Waals surface area contributed by atoms with Gasteiger partial charge in [0, 0.05) is 13.5 Å². The smallest absolute Gasteiger partial charge is 0.132 e. The highest BCUT2D eigenvalue weighted by Gasteiger charge is 2.04. The van der Waals surface area contributed by atoms with E-state index >= 15 is 0 Å². The molecule has 1 unspecified atom stereocenters. The summed E-state index contributed by atoms with van der Waals surface area (Å²) in [6, 6.07) is 0. The van der Waals surface area contributed by atoms with Crippen molar-refractivity contribution < 1.29 is 0 Å². The van der Waals surface area contributed by atoms with E-state index in [1.54, 1.807) is 6.33 Å². The van der Waals surface area contributed by atoms with Crippen molar-refractivity contribution >= 4 is 0 Å². The van der Waals surface area contributed by atoms with E-state index in [1.165, 1.54) is 6.42 Å². The Bertz CT molecular complexity index is 217. The Morgan fingerprint density at radius 2 is 2.36 bits per heavy atom. The summed E-state index contributed by atoms with van der Waals surface area (Å²) in [5.74, 6) is 1.79. The van der Waals surface area contributed by atoms with Gasteiger partial charge in [-0.05, 0) is 5.92 Å². The summed E-state index contributed by atoms with van der Waals surface area (Å²) in [7, 11) is 1.98. The van der Waals surface area contributed by atoms with Crippen molar-refractivity contribution in [3.8, 4) is 0 Å². The first-order valence-electron chi connectivity index (χ1n) is 4.07. The minimum Gasteiger partial charge on any atom is -0.321 e. The minimum absolute atomic E-state index is 0.706. The molecule has 0 aliphatic heterocycles. The van der Waals surface area contributed by atoms with Crippen molar-refractivity contribution in [2.24, 2.45) is 13.0 Å². The third-order valence-electron chi connectivity index (χ3n) is 2.03. The van der Waals surface area contributed by atoms with Gasteiger partial charge in [-0.2, -0.15) is 0 Å². The lowest BCUT2D eigenvalue weighted by Gasteiger charge is -2.05. The predicted octanol–water partition coefficient (Wildman–Crippen LogP) is 1.40. The average Bonchev–Trinajstić information content (AvgIpc) is 2.37. The molecular weight excluding hydrogens is 138 g/mol. The summed E-state index contributed by atoms with van der Waals surface area (Å²) in [6.07, 6.45) is 3.98. The van der Waals surface area contributed by atoms with Crippen LogP contribution in [0.25, 0.3) is 0 Å². The molecule has 0 amide bonds. The summed E-state index contributed by atoms with van der Waals surface area (Å²) in [6.45, 7) is 4.43. The second kappa shape index (κ2) is 3.51. The van der Waals surface area contributed by atoms with Crippen LogP contribution in [-0.4, -0.2) is 14.8 Å². The Balaban J connectivity index is 2.56. The maximum atomic E-state index is 4.02. The molecule has 1 heterocycles. The molecular formula is C8H15N3. The maximum Gasteiger partial charge on any atom is 0.132 e. The first kappa shape index (κ1) is 8.24. The van der Waals surface area contributed by atoms with Gasteiger partial charge in [0.1, 0.15) is 12.2 Å². The second-order valence-corrected chi connectivity index (χ2v) is 3.08. The molecule has 0 fully saturated rings. The largest absolute Gasteiger partial charge is 0.321 e. The standard InChI is InChI=1S/C8H15N3/c1-4-7(2)5-8-10-9-6-11(8)3/h6-7H,4-5H2,1-3H3. The summed E-state index contributed by atoms with van der Waals surface area (Å²) >= 11 is 0. The van der Waals surface area contributed by atoms with Crippen molar-refractivity contribution in [2.45, 2.75) is 26.7 Å². The van der Waals surface area contributed by atoms with Crippen LogP contribution >= 0.6 is 0 Å². The number of hydrogen-bond acceptors (Lipinski definition) is 2. The molecule has 0 radical (unpaired) electrons. The molecule has 3 heteroatoms. The van der Waals surface area contributed by atoms with Crippen LogP contribution in [0.4, 0.5) is 0 Å². The van der Waals surface area contributed by atoms with Crippen LogP contribution in [0.5, 0.6) is 0 Å². The third-order valence-corrected chi connectivity index (χ3v) is 2.03. The van der Waals surface area contributed by atoms with Crippen LogP contribution in [0.15, 0.2) is 6.33 Å². The normalized spacial score (nSPS) is 13.4. The fraction of sp³-hybridized carbons (Fsp3) is 0.750. The molecule has 11 heavy (non-hydrogen) atoms. The van der Waals surface area contributed by atoms with Crippen molar-refractivity contribution in [3.05, 3.63) is 12.2 Å². The number of aryl methyl sites for hydroxylation is 1. The van der Waals surface area contributed by atoms with E-state index in [-0.39, 0.29) is 0 Å². The predicted molar refractivity (Wildman–Crippen MR) is 44.2 cm³/mol. The van der Waals surface area contributed by atoms with Gasteiger partial charge in [0.2, 0.25) is 0 Å². The maximum absolute atomic E-state index is 4.02. The summed E-state index contributed by atoms with van der Waals surface area (Å²) < 4.78 is 1.98. The van der Waals surface area contributed by atoms with Crippen LogP contribution < -0.4 is 0 Å². The van der Waals surface area contributed by atoms with Gasteiger partial charge in [0.15, 0.2) is 0 Å². The van der Waals surface area contributed by atoms with E-state index in [2.05, 4.69) is 24.0 Å². The fourth-order valence-electron chi connectivity index (χ4n) is 0.948. The van der Waals surface area contributed by atoms with Crippen LogP contribution in [0.2, 0.25) is 0 Å². The van der Waals surface area contributed by atoms with Gasteiger partial charge in [-0.1, -0.05) is 20.3 Å². The highest BCUT2D eigenvalue weighted by Crippen LogP contribution is 2.07. The van der Waals surface area contributed by atoms with E-state index in [0.29, 0.717) is 5.92 Å². The molecule has 0 aliphatic carbocycles. The Morgan fingerprint density at radius 1 is 1.64 bits per heavy atom. The molecule has 62 valence electrons. The zero-order valence-electron chi connectivity index (χ0n) is 7.41. The van der Waals surface area contributed by atoms with Crippen LogP contribution in [0.3, 0.4) is 0 Å². The van der Waals surface area contributed by atoms with Gasteiger partial charge in [0.25, 0.3) is 0 Å². The van der Waals surface area contributed by atoms with Crippen LogP contribution in [0, 0.1) is 5.92 Å². The first-order chi connectivity index (χ1) is 5.24. The monoisotopic (exact) mass is 153 g/mol. The molecule has 3 nitrogen and oxygen atoms in total. The topological polar surface area (TPSA) is 30.7 Å². The Kier molecular flexibility index (Phi) is 2.63. The number of rotatable bonds is 3. The number of hydrogen-bond donors (Lipinski definition) is 0. The van der Waals surface area contributed by atoms with Gasteiger partial charge in [0.05, 0.1) is 0 Å². The van der Waals surface area contributed by atoms with Gasteiger partial charge in [-0.25, -0.2) is 0 Å². The molecule has 0 aliphatic rings. The lowest BCUT2D eigenvalue weighted by atomic mass is 10.1. The molecule has 0 bridgehead atoms. The number of nitrogens with zero attached hydrogens (tertiary/aromatic N) is 3. The SMILES string of the molecule is CCC(C)Cc1nncn1C. The van der Waals surface area contributed by atoms with E-state index in [4.69, 9.17) is 0 Å². The van der Waals surface area contributed by atoms with Crippen molar-refractivity contribution in [2.75, 3.05) is 0 Å². The molecule has 1 aromatic rings. The Morgan fingerprint density at radius 3 is 2.82 bits per heavy atom. The molecule has 0 saturated carbocycles. The Labute approximate surface area is 67.4 Å². The molecule has 1 atom stereocenters. The minimum atomic E-state index is 0.706. The molecule has 1 rings (SSSR count). The van der Waals surface area contributed by atoms with Crippen LogP contribution in [0.1, 0.15) is 26.1 Å². The fourth-order valence-corrected chi connectivity index (χ4v) is 0.948. The summed E-state index contributed by atoms with van der Waals surface area (Å²) in [5.41, 5.74) is 0. The van der Waals surface area contributed by atoms with Gasteiger partial charge in [-0.3, -0.25) is 0 Å².